The molecule has 0 fully saturated rings. The van der Waals surface area contributed by atoms with Crippen LogP contribution in [0.15, 0.2) is 119 Å². The predicted molar refractivity (Wildman–Crippen MR) is 141 cm³/mol. The molecule has 2 heterocycles. The number of carbonyl (C=O) groups excluding carboxylic acids is 1. The van der Waals surface area contributed by atoms with Crippen LogP contribution in [0.4, 0.5) is 0 Å². The van der Waals surface area contributed by atoms with Gasteiger partial charge in [0.05, 0.1) is 11.8 Å². The molecule has 2 aliphatic rings. The molecule has 172 valence electrons. The molecule has 35 heavy (non-hydrogen) atoms. The van der Waals surface area contributed by atoms with Crippen LogP contribution in [0.25, 0.3) is 0 Å². The zero-order valence-corrected chi connectivity index (χ0v) is 20.5. The minimum atomic E-state index is -0.696. The van der Waals surface area contributed by atoms with E-state index in [1.807, 2.05) is 72.8 Å². The SMILES string of the molecule is O=C(c1ccc(Br)cc1)C1Oc2ccccc2C1N1N=C(c2ccccc2)CC1c1ccccc1. The van der Waals surface area contributed by atoms with E-state index in [1.54, 1.807) is 0 Å². The summed E-state index contributed by atoms with van der Waals surface area (Å²) in [6, 6.07) is 35.7. The highest BCUT2D eigenvalue weighted by atomic mass is 79.9. The van der Waals surface area contributed by atoms with Crippen LogP contribution in [0.5, 0.6) is 5.75 Å². The Morgan fingerprint density at radius 1 is 0.829 bits per heavy atom. The van der Waals surface area contributed by atoms with Gasteiger partial charge in [0.1, 0.15) is 11.8 Å². The van der Waals surface area contributed by atoms with Crippen LogP contribution < -0.4 is 4.74 Å². The molecule has 4 aromatic rings. The summed E-state index contributed by atoms with van der Waals surface area (Å²) in [7, 11) is 0. The van der Waals surface area contributed by atoms with E-state index < -0.39 is 6.10 Å². The Bertz CT molecular complexity index is 1390. The monoisotopic (exact) mass is 522 g/mol. The first-order chi connectivity index (χ1) is 17.2. The Kier molecular flexibility index (Phi) is 5.71. The molecule has 0 aliphatic carbocycles. The van der Waals surface area contributed by atoms with Gasteiger partial charge in [-0.3, -0.25) is 9.80 Å². The number of fused-ring (bicyclic) bond motifs is 1. The molecule has 0 aromatic heterocycles. The lowest BCUT2D eigenvalue weighted by Crippen LogP contribution is -2.38. The van der Waals surface area contributed by atoms with Crippen molar-refractivity contribution in [2.24, 2.45) is 5.10 Å². The molecule has 0 radical (unpaired) electrons. The number of hydrogen-bond acceptors (Lipinski definition) is 4. The molecule has 5 heteroatoms. The molecular weight excluding hydrogens is 500 g/mol. The van der Waals surface area contributed by atoms with E-state index in [2.05, 4.69) is 57.3 Å². The topological polar surface area (TPSA) is 41.9 Å². The molecule has 0 N–H and O–H groups in total. The van der Waals surface area contributed by atoms with Crippen LogP contribution in [-0.4, -0.2) is 22.6 Å². The lowest BCUT2D eigenvalue weighted by Gasteiger charge is -2.32. The van der Waals surface area contributed by atoms with Crippen LogP contribution in [0.1, 0.15) is 45.6 Å². The Morgan fingerprint density at radius 3 is 2.23 bits per heavy atom. The summed E-state index contributed by atoms with van der Waals surface area (Å²) in [5.74, 6) is 0.692. The first kappa shape index (κ1) is 21.8. The van der Waals surface area contributed by atoms with Gasteiger partial charge in [-0.15, -0.1) is 0 Å². The maximum atomic E-state index is 13.8. The first-order valence-electron chi connectivity index (χ1n) is 11.7. The molecule has 3 atom stereocenters. The van der Waals surface area contributed by atoms with Crippen LogP contribution in [0.3, 0.4) is 0 Å². The lowest BCUT2D eigenvalue weighted by molar-refractivity contribution is 0.0538. The predicted octanol–water partition coefficient (Wildman–Crippen LogP) is 6.99. The third-order valence-corrected chi connectivity index (χ3v) is 7.21. The van der Waals surface area contributed by atoms with E-state index in [0.717, 1.165) is 33.5 Å². The largest absolute Gasteiger partial charge is 0.479 e. The van der Waals surface area contributed by atoms with Gasteiger partial charge in [0.2, 0.25) is 5.78 Å². The Labute approximate surface area is 213 Å². The molecule has 6 rings (SSSR count). The molecule has 0 bridgehead atoms. The van der Waals surface area contributed by atoms with Crippen LogP contribution in [0.2, 0.25) is 0 Å². The second kappa shape index (κ2) is 9.16. The summed E-state index contributed by atoms with van der Waals surface area (Å²) < 4.78 is 7.26. The average molecular weight is 523 g/mol. The molecule has 0 saturated heterocycles. The van der Waals surface area contributed by atoms with Gasteiger partial charge in [-0.1, -0.05) is 107 Å². The molecular formula is C30H23BrN2O2. The summed E-state index contributed by atoms with van der Waals surface area (Å²) in [6.07, 6.45) is 0.0602. The minimum Gasteiger partial charge on any atom is -0.479 e. The highest BCUT2D eigenvalue weighted by Crippen LogP contribution is 2.47. The standard InChI is InChI=1S/C30H23BrN2O2/c31-23-17-15-22(16-18-23)29(34)30-28(24-13-7-8-14-27(24)35-30)33-26(21-11-5-2-6-12-21)19-25(32-33)20-9-3-1-4-10-20/h1-18,26,28,30H,19H2. The van der Waals surface area contributed by atoms with E-state index >= 15 is 0 Å². The van der Waals surface area contributed by atoms with Crippen LogP contribution in [-0.2, 0) is 0 Å². The number of ketones is 1. The minimum absolute atomic E-state index is 0.00798. The van der Waals surface area contributed by atoms with E-state index in [1.165, 1.54) is 5.56 Å². The number of Topliss-reactive ketones (excluding diaryl/α,β-unsaturated/α-hetero) is 1. The highest BCUT2D eigenvalue weighted by Gasteiger charge is 2.47. The maximum Gasteiger partial charge on any atom is 0.205 e. The number of para-hydroxylation sites is 1. The molecule has 0 spiro atoms. The number of ether oxygens (including phenoxy) is 1. The van der Waals surface area contributed by atoms with Gasteiger partial charge in [-0.25, -0.2) is 0 Å². The fraction of sp³-hybridized carbons (Fsp3) is 0.133. The fourth-order valence-corrected chi connectivity index (χ4v) is 5.25. The zero-order valence-electron chi connectivity index (χ0n) is 18.9. The smallest absolute Gasteiger partial charge is 0.205 e. The average Bonchev–Trinajstić information content (AvgIpc) is 3.52. The number of carbonyl (C=O) groups is 1. The Hall–Kier alpha value is -3.70. The van der Waals surface area contributed by atoms with Gasteiger partial charge in [-0.05, 0) is 29.3 Å². The summed E-state index contributed by atoms with van der Waals surface area (Å²) in [4.78, 5) is 13.8. The van der Waals surface area contributed by atoms with Gasteiger partial charge in [0, 0.05) is 22.0 Å². The normalized spacial score (nSPS) is 20.8. The maximum absolute atomic E-state index is 13.8. The van der Waals surface area contributed by atoms with Crippen molar-refractivity contribution < 1.29 is 9.53 Å². The number of halogens is 1. The molecule has 0 saturated carbocycles. The third kappa shape index (κ3) is 4.06. The van der Waals surface area contributed by atoms with E-state index in [9.17, 15) is 4.79 Å². The number of hydrogen-bond donors (Lipinski definition) is 0. The van der Waals surface area contributed by atoms with Gasteiger partial charge >= 0.3 is 0 Å². The van der Waals surface area contributed by atoms with Crippen LogP contribution >= 0.6 is 15.9 Å². The summed E-state index contributed by atoms with van der Waals surface area (Å²) >= 11 is 3.46. The van der Waals surface area contributed by atoms with Gasteiger partial charge in [0.15, 0.2) is 6.10 Å². The molecule has 4 aromatic carbocycles. The molecule has 4 nitrogen and oxygen atoms in total. The first-order valence-corrected chi connectivity index (χ1v) is 12.5. The zero-order chi connectivity index (χ0) is 23.8. The fourth-order valence-electron chi connectivity index (χ4n) is 4.99. The van der Waals surface area contributed by atoms with E-state index in [0.29, 0.717) is 5.56 Å². The molecule has 2 aliphatic heterocycles. The molecule has 3 unspecified atom stereocenters. The number of hydrazone groups is 1. The lowest BCUT2D eigenvalue weighted by atomic mass is 9.93. The van der Waals surface area contributed by atoms with Crippen molar-refractivity contribution in [1.29, 1.82) is 0 Å². The van der Waals surface area contributed by atoms with Gasteiger partial charge in [-0.2, -0.15) is 5.10 Å². The van der Waals surface area contributed by atoms with Crippen molar-refractivity contribution in [3.8, 4) is 5.75 Å². The quantitative estimate of drug-likeness (QED) is 0.265. The number of benzene rings is 4. The van der Waals surface area contributed by atoms with E-state index in [-0.39, 0.29) is 17.9 Å². The summed E-state index contributed by atoms with van der Waals surface area (Å²) in [5, 5.41) is 7.25. The van der Waals surface area contributed by atoms with E-state index in [4.69, 9.17) is 9.84 Å². The Morgan fingerprint density at radius 2 is 1.49 bits per heavy atom. The van der Waals surface area contributed by atoms with Crippen molar-refractivity contribution >= 4 is 27.4 Å². The highest BCUT2D eigenvalue weighted by molar-refractivity contribution is 9.10. The van der Waals surface area contributed by atoms with Crippen molar-refractivity contribution in [3.05, 3.63) is 136 Å². The van der Waals surface area contributed by atoms with Crippen molar-refractivity contribution in [2.75, 3.05) is 0 Å². The second-order valence-electron chi connectivity index (χ2n) is 8.82. The third-order valence-electron chi connectivity index (χ3n) is 6.68. The molecule has 0 amide bonds. The van der Waals surface area contributed by atoms with Gasteiger partial charge in [0.25, 0.3) is 0 Å². The summed E-state index contributed by atoms with van der Waals surface area (Å²) in [6.45, 7) is 0. The number of nitrogens with zero attached hydrogens (tertiary/aromatic N) is 2. The van der Waals surface area contributed by atoms with Crippen molar-refractivity contribution in [1.82, 2.24) is 5.01 Å². The van der Waals surface area contributed by atoms with Crippen molar-refractivity contribution in [3.63, 3.8) is 0 Å². The Balaban J connectivity index is 1.46. The summed E-state index contributed by atoms with van der Waals surface area (Å²) in [5.41, 5.74) is 4.89. The van der Waals surface area contributed by atoms with Gasteiger partial charge < -0.3 is 4.74 Å². The van der Waals surface area contributed by atoms with Crippen LogP contribution in [0, 0.1) is 0 Å². The van der Waals surface area contributed by atoms with Crippen molar-refractivity contribution in [2.45, 2.75) is 24.6 Å². The number of rotatable bonds is 5. The second-order valence-corrected chi connectivity index (χ2v) is 9.73.